The minimum atomic E-state index is -0.331. The number of esters is 1. The number of carbonyl (C=O) groups is 1. The molecule has 0 aliphatic heterocycles. The summed E-state index contributed by atoms with van der Waals surface area (Å²) in [5.74, 6) is 0.234. The molecule has 0 fully saturated rings. The number of ether oxygens (including phenoxy) is 1. The lowest BCUT2D eigenvalue weighted by Crippen LogP contribution is -2.08. The van der Waals surface area contributed by atoms with Gasteiger partial charge >= 0.3 is 5.97 Å². The van der Waals surface area contributed by atoms with Gasteiger partial charge < -0.3 is 4.74 Å². The first-order valence-electron chi connectivity index (χ1n) is 6.77. The van der Waals surface area contributed by atoms with E-state index in [1.165, 1.54) is 0 Å². The highest BCUT2D eigenvalue weighted by atomic mass is 32.1. The molecule has 0 saturated carbocycles. The van der Waals surface area contributed by atoms with Crippen molar-refractivity contribution in [2.45, 2.75) is 26.7 Å². The molecule has 5 heteroatoms. The van der Waals surface area contributed by atoms with Crippen molar-refractivity contribution in [2.24, 2.45) is 5.92 Å². The number of hydrogen-bond donors (Lipinski definition) is 0. The smallest absolute Gasteiger partial charge is 0.352 e. The van der Waals surface area contributed by atoms with Gasteiger partial charge in [-0.25, -0.2) is 4.79 Å². The fraction of sp³-hybridized carbons (Fsp3) is 0.400. The molecule has 0 saturated heterocycles. The summed E-state index contributed by atoms with van der Waals surface area (Å²) in [6.45, 7) is 4.73. The van der Waals surface area contributed by atoms with Crippen molar-refractivity contribution in [1.29, 1.82) is 0 Å². The van der Waals surface area contributed by atoms with E-state index in [1.807, 2.05) is 30.3 Å². The molecule has 1 heterocycles. The van der Waals surface area contributed by atoms with Crippen LogP contribution in [-0.4, -0.2) is 22.2 Å². The molecule has 0 bridgehead atoms. The highest BCUT2D eigenvalue weighted by Crippen LogP contribution is 2.24. The summed E-state index contributed by atoms with van der Waals surface area (Å²) in [7, 11) is 0. The first kappa shape index (κ1) is 14.7. The molecule has 1 unspecified atom stereocenters. The Morgan fingerprint density at radius 2 is 2.10 bits per heavy atom. The molecular formula is C15H18N2O2S. The van der Waals surface area contributed by atoms with Crippen molar-refractivity contribution in [3.8, 4) is 11.3 Å². The van der Waals surface area contributed by atoms with E-state index < -0.39 is 0 Å². The Hall–Kier alpha value is -1.75. The second-order valence-electron chi connectivity index (χ2n) is 4.75. The Morgan fingerprint density at radius 1 is 1.35 bits per heavy atom. The third kappa shape index (κ3) is 3.63. The lowest BCUT2D eigenvalue weighted by Gasteiger charge is -2.08. The molecule has 0 radical (unpaired) electrons. The summed E-state index contributed by atoms with van der Waals surface area (Å²) in [4.78, 5) is 12.6. The van der Waals surface area contributed by atoms with E-state index in [1.54, 1.807) is 0 Å². The molecule has 0 aliphatic carbocycles. The molecule has 2 rings (SSSR count). The standard InChI is InChI=1S/C15H18N2O2S/c1-3-11(2)9-10-19-15(18)14-13(16-17-20-14)12-7-5-4-6-8-12/h4-8,11H,3,9-10H2,1-2H3. The van der Waals surface area contributed by atoms with E-state index in [9.17, 15) is 4.79 Å². The summed E-state index contributed by atoms with van der Waals surface area (Å²) in [6, 6.07) is 9.56. The van der Waals surface area contributed by atoms with Gasteiger partial charge in [-0.3, -0.25) is 0 Å². The maximum absolute atomic E-state index is 12.1. The van der Waals surface area contributed by atoms with Crippen molar-refractivity contribution in [3.05, 3.63) is 35.2 Å². The van der Waals surface area contributed by atoms with Gasteiger partial charge in [0, 0.05) is 5.56 Å². The predicted molar refractivity (Wildman–Crippen MR) is 79.7 cm³/mol. The van der Waals surface area contributed by atoms with Crippen LogP contribution in [0.25, 0.3) is 11.3 Å². The molecule has 4 nitrogen and oxygen atoms in total. The summed E-state index contributed by atoms with van der Waals surface area (Å²) < 4.78 is 9.18. The van der Waals surface area contributed by atoms with Crippen molar-refractivity contribution >= 4 is 17.5 Å². The molecule has 106 valence electrons. The fourth-order valence-electron chi connectivity index (χ4n) is 1.73. The quantitative estimate of drug-likeness (QED) is 0.759. The lowest BCUT2D eigenvalue weighted by atomic mass is 10.1. The first-order valence-corrected chi connectivity index (χ1v) is 7.54. The second-order valence-corrected chi connectivity index (χ2v) is 5.51. The Kier molecular flexibility index (Phi) is 5.24. The van der Waals surface area contributed by atoms with Crippen molar-refractivity contribution in [3.63, 3.8) is 0 Å². The molecule has 2 aromatic rings. The molecule has 0 N–H and O–H groups in total. The third-order valence-electron chi connectivity index (χ3n) is 3.26. The molecule has 1 aromatic heterocycles. The highest BCUT2D eigenvalue weighted by Gasteiger charge is 2.19. The number of nitrogens with zero attached hydrogens (tertiary/aromatic N) is 2. The Bertz CT molecular complexity index is 554. The van der Waals surface area contributed by atoms with E-state index in [0.29, 0.717) is 23.1 Å². The first-order chi connectivity index (χ1) is 9.72. The highest BCUT2D eigenvalue weighted by molar-refractivity contribution is 7.08. The van der Waals surface area contributed by atoms with Gasteiger partial charge in [0.15, 0.2) is 4.88 Å². The predicted octanol–water partition coefficient (Wildman–Crippen LogP) is 3.80. The normalized spacial score (nSPS) is 12.1. The number of benzene rings is 1. The summed E-state index contributed by atoms with van der Waals surface area (Å²) in [5, 5.41) is 4.03. The van der Waals surface area contributed by atoms with Crippen molar-refractivity contribution in [1.82, 2.24) is 9.59 Å². The van der Waals surface area contributed by atoms with E-state index in [2.05, 4.69) is 23.4 Å². The zero-order chi connectivity index (χ0) is 14.4. The molecule has 1 atom stereocenters. The summed E-state index contributed by atoms with van der Waals surface area (Å²) in [6.07, 6.45) is 1.98. The largest absolute Gasteiger partial charge is 0.461 e. The van der Waals surface area contributed by atoms with Crippen LogP contribution in [0.3, 0.4) is 0 Å². The van der Waals surface area contributed by atoms with Crippen LogP contribution in [0.15, 0.2) is 30.3 Å². The van der Waals surface area contributed by atoms with Crippen LogP contribution in [0, 0.1) is 5.92 Å². The number of carbonyl (C=O) groups excluding carboxylic acids is 1. The molecule has 0 spiro atoms. The minimum Gasteiger partial charge on any atom is -0.461 e. The molecule has 0 amide bonds. The van der Waals surface area contributed by atoms with Crippen LogP contribution in [0.2, 0.25) is 0 Å². The minimum absolute atomic E-state index is 0.331. The van der Waals surface area contributed by atoms with E-state index in [4.69, 9.17) is 4.74 Å². The maximum atomic E-state index is 12.1. The second kappa shape index (κ2) is 7.14. The van der Waals surface area contributed by atoms with Crippen LogP contribution in [0.1, 0.15) is 36.4 Å². The van der Waals surface area contributed by atoms with Crippen molar-refractivity contribution < 1.29 is 9.53 Å². The van der Waals surface area contributed by atoms with Crippen LogP contribution in [-0.2, 0) is 4.74 Å². The van der Waals surface area contributed by atoms with Gasteiger partial charge in [0.1, 0.15) is 5.69 Å². The number of aromatic nitrogens is 2. The molecule has 1 aromatic carbocycles. The zero-order valence-electron chi connectivity index (χ0n) is 11.7. The average Bonchev–Trinajstić information content (AvgIpc) is 2.97. The van der Waals surface area contributed by atoms with Crippen LogP contribution in [0.4, 0.5) is 0 Å². The molecule has 20 heavy (non-hydrogen) atoms. The van der Waals surface area contributed by atoms with Crippen molar-refractivity contribution in [2.75, 3.05) is 6.61 Å². The van der Waals surface area contributed by atoms with Gasteiger partial charge in [0.25, 0.3) is 0 Å². The Labute approximate surface area is 123 Å². The van der Waals surface area contributed by atoms with Gasteiger partial charge in [-0.2, -0.15) is 0 Å². The monoisotopic (exact) mass is 290 g/mol. The fourth-order valence-corrected chi connectivity index (χ4v) is 2.31. The topological polar surface area (TPSA) is 52.1 Å². The SMILES string of the molecule is CCC(C)CCOC(=O)c1snnc1-c1ccccc1. The van der Waals surface area contributed by atoms with Crippen LogP contribution in [0.5, 0.6) is 0 Å². The van der Waals surface area contributed by atoms with E-state index >= 15 is 0 Å². The lowest BCUT2D eigenvalue weighted by molar-refractivity contribution is 0.0491. The molecule has 0 aliphatic rings. The molecular weight excluding hydrogens is 272 g/mol. The van der Waals surface area contributed by atoms with Gasteiger partial charge in [-0.05, 0) is 23.9 Å². The summed E-state index contributed by atoms with van der Waals surface area (Å²) in [5.41, 5.74) is 1.49. The van der Waals surface area contributed by atoms with Gasteiger partial charge in [0.05, 0.1) is 6.61 Å². The number of rotatable bonds is 6. The van der Waals surface area contributed by atoms with E-state index in [-0.39, 0.29) is 5.97 Å². The van der Waals surface area contributed by atoms with Crippen LogP contribution < -0.4 is 0 Å². The van der Waals surface area contributed by atoms with E-state index in [0.717, 1.165) is 29.9 Å². The Balaban J connectivity index is 2.03. The third-order valence-corrected chi connectivity index (χ3v) is 3.97. The average molecular weight is 290 g/mol. The Morgan fingerprint density at radius 3 is 2.80 bits per heavy atom. The summed E-state index contributed by atoms with van der Waals surface area (Å²) >= 11 is 1.08. The zero-order valence-corrected chi connectivity index (χ0v) is 12.5. The number of hydrogen-bond acceptors (Lipinski definition) is 5. The van der Waals surface area contributed by atoms with Crippen LogP contribution >= 0.6 is 11.5 Å². The van der Waals surface area contributed by atoms with Gasteiger partial charge in [-0.15, -0.1) is 5.10 Å². The van der Waals surface area contributed by atoms with Gasteiger partial charge in [0.2, 0.25) is 0 Å². The maximum Gasteiger partial charge on any atom is 0.352 e. The van der Waals surface area contributed by atoms with Gasteiger partial charge in [-0.1, -0.05) is 55.1 Å².